The Morgan fingerprint density at radius 3 is 2.16 bits per heavy atom. The Bertz CT molecular complexity index is 1050. The third-order valence-corrected chi connectivity index (χ3v) is 5.51. The third-order valence-electron chi connectivity index (χ3n) is 5.51. The average molecular weight is 446 g/mol. The summed E-state index contributed by atoms with van der Waals surface area (Å²) in [6.07, 6.45) is 2.52. The fraction of sp³-hybridized carbons (Fsp3) is 0.474. The molecule has 4 rings (SSSR count). The van der Waals surface area contributed by atoms with Gasteiger partial charge in [-0.05, 0) is 26.7 Å². The zero-order chi connectivity index (χ0) is 20.3. The van der Waals surface area contributed by atoms with Crippen LogP contribution in [0.25, 0.3) is 10.9 Å². The normalized spacial score (nSPS) is 20.5. The highest BCUT2D eigenvalue weighted by Gasteiger charge is 2.34. The number of carboxylic acid groups (broad SMARTS) is 1. The molecule has 31 heavy (non-hydrogen) atoms. The molecule has 174 valence electrons. The number of halogens is 2. The van der Waals surface area contributed by atoms with E-state index in [9.17, 15) is 14.7 Å². The molecule has 1 aliphatic carbocycles. The van der Waals surface area contributed by atoms with Gasteiger partial charge in [-0.1, -0.05) is 0 Å². The number of pyridine rings is 1. The van der Waals surface area contributed by atoms with Gasteiger partial charge in [-0.25, -0.2) is 8.78 Å². The number of nitrogens with zero attached hydrogens (tertiary/aromatic N) is 2. The summed E-state index contributed by atoms with van der Waals surface area (Å²) >= 11 is 0. The molecule has 12 heteroatoms. The molecule has 2 aliphatic rings. The van der Waals surface area contributed by atoms with E-state index >= 15 is 8.78 Å². The lowest BCUT2D eigenvalue weighted by Gasteiger charge is -2.35. The van der Waals surface area contributed by atoms with Gasteiger partial charge >= 0.3 is 0 Å². The van der Waals surface area contributed by atoms with Gasteiger partial charge in [0.15, 0.2) is 11.6 Å². The second-order valence-electron chi connectivity index (χ2n) is 7.96. The van der Waals surface area contributed by atoms with Crippen LogP contribution in [0.4, 0.5) is 20.2 Å². The molecule has 2 atom stereocenters. The van der Waals surface area contributed by atoms with Gasteiger partial charge in [0.1, 0.15) is 17.8 Å². The van der Waals surface area contributed by atoms with Crippen LogP contribution in [0.1, 0.15) is 43.1 Å². The molecule has 0 radical (unpaired) electrons. The average Bonchev–Trinajstić information content (AvgIpc) is 3.43. The lowest BCUT2D eigenvalue weighted by atomic mass is 10.0. The molecule has 0 spiro atoms. The van der Waals surface area contributed by atoms with Crippen LogP contribution in [0.2, 0.25) is 0 Å². The standard InChI is InChI=1S/C19H22F2N4O3.3H2O/c1-8-5-24(6-9(2)23-8)17-13(20)15(22)12-16(14(17)21)25(10-3-4-10)7-11(18(12)26)19(27)28;;;/h7-10,23H,3-6,22H2,1-2H3,(H,27,28);3*1H2/t8-,9+;;;. The van der Waals surface area contributed by atoms with Crippen LogP contribution >= 0.6 is 0 Å². The number of benzene rings is 1. The highest BCUT2D eigenvalue weighted by molar-refractivity contribution is 5.99. The summed E-state index contributed by atoms with van der Waals surface area (Å²) in [6.45, 7) is 4.78. The molecule has 10 N–H and O–H groups in total. The van der Waals surface area contributed by atoms with Crippen molar-refractivity contribution in [3.63, 3.8) is 0 Å². The van der Waals surface area contributed by atoms with E-state index in [1.807, 2.05) is 13.8 Å². The number of fused-ring (bicyclic) bond motifs is 1. The van der Waals surface area contributed by atoms with Crippen molar-refractivity contribution < 1.29 is 40.4 Å². The summed E-state index contributed by atoms with van der Waals surface area (Å²) < 4.78 is 32.2. The van der Waals surface area contributed by atoms with Crippen LogP contribution in [-0.4, -0.2) is 52.1 Å². The van der Waals surface area contributed by atoms with Gasteiger partial charge in [-0.15, -0.1) is 0 Å². The van der Waals surface area contributed by atoms with Crippen molar-refractivity contribution >= 4 is 28.2 Å². The number of carboxylic acids is 1. The van der Waals surface area contributed by atoms with Gasteiger partial charge in [0.25, 0.3) is 0 Å². The van der Waals surface area contributed by atoms with Gasteiger partial charge in [0.2, 0.25) is 5.43 Å². The number of nitrogens with two attached hydrogens (primary N) is 2. The fourth-order valence-electron chi connectivity index (χ4n) is 4.25. The largest absolute Gasteiger partial charge is 0.545 e. The van der Waals surface area contributed by atoms with E-state index < -0.39 is 39.7 Å². The van der Waals surface area contributed by atoms with Crippen LogP contribution in [0.3, 0.4) is 0 Å². The van der Waals surface area contributed by atoms with Crippen LogP contribution in [0, 0.1) is 11.6 Å². The van der Waals surface area contributed by atoms with Crippen molar-refractivity contribution in [1.29, 1.82) is 0 Å². The third kappa shape index (κ3) is 4.19. The number of hydrogen-bond donors (Lipinski definition) is 2. The van der Waals surface area contributed by atoms with Crippen molar-refractivity contribution in [1.82, 2.24) is 4.57 Å². The van der Waals surface area contributed by atoms with Crippen molar-refractivity contribution in [3.05, 3.63) is 33.6 Å². The second kappa shape index (κ2) is 9.14. The number of quaternary nitrogens is 1. The first-order valence-electron chi connectivity index (χ1n) is 9.37. The number of nitrogen functional groups attached to an aromatic ring is 1. The highest BCUT2D eigenvalue weighted by atomic mass is 19.1. The summed E-state index contributed by atoms with van der Waals surface area (Å²) in [4.78, 5) is 25.6. The predicted molar refractivity (Wildman–Crippen MR) is 109 cm³/mol. The Morgan fingerprint density at radius 1 is 1.13 bits per heavy atom. The minimum absolute atomic E-state index is 0. The number of piperazine rings is 1. The summed E-state index contributed by atoms with van der Waals surface area (Å²) in [5, 5.41) is 13.1. The van der Waals surface area contributed by atoms with Gasteiger partial charge in [-0.2, -0.15) is 0 Å². The van der Waals surface area contributed by atoms with Gasteiger partial charge < -0.3 is 46.8 Å². The SMILES string of the molecule is C[C@@H]1CN(c2c(F)c(N)c3c(=O)c(C(=O)[O-])cn(C4CC4)c3c2F)C[C@H](C)[NH2+]1.O.O.O. The van der Waals surface area contributed by atoms with Gasteiger partial charge in [-0.3, -0.25) is 4.79 Å². The molecule has 2 fully saturated rings. The maximum Gasteiger partial charge on any atom is 0.200 e. The van der Waals surface area contributed by atoms with Gasteiger partial charge in [0, 0.05) is 12.2 Å². The predicted octanol–water partition coefficient (Wildman–Crippen LogP) is -2.75. The summed E-state index contributed by atoms with van der Waals surface area (Å²) in [5.74, 6) is -3.60. The first-order valence-corrected chi connectivity index (χ1v) is 9.37. The molecular weight excluding hydrogens is 418 g/mol. The second-order valence-corrected chi connectivity index (χ2v) is 7.96. The first kappa shape index (κ1) is 26.2. The molecule has 1 aliphatic heterocycles. The summed E-state index contributed by atoms with van der Waals surface area (Å²) in [6, 6.07) is 0.108. The number of aromatic nitrogens is 1. The number of aromatic carboxylic acids is 1. The zero-order valence-electron chi connectivity index (χ0n) is 17.2. The first-order chi connectivity index (χ1) is 13.2. The van der Waals surface area contributed by atoms with E-state index in [0.29, 0.717) is 25.9 Å². The molecule has 10 nitrogen and oxygen atoms in total. The number of rotatable bonds is 3. The van der Waals surface area contributed by atoms with E-state index in [4.69, 9.17) is 5.73 Å². The smallest absolute Gasteiger partial charge is 0.200 e. The summed E-state index contributed by atoms with van der Waals surface area (Å²) in [5.41, 5.74) is 3.33. The molecule has 0 amide bonds. The number of carbonyl (C=O) groups is 1. The quantitative estimate of drug-likeness (QED) is 0.480. The van der Waals surface area contributed by atoms with Crippen molar-refractivity contribution in [2.24, 2.45) is 0 Å². The van der Waals surface area contributed by atoms with Crippen LogP contribution in [0.15, 0.2) is 11.0 Å². The van der Waals surface area contributed by atoms with Crippen molar-refractivity contribution in [2.75, 3.05) is 23.7 Å². The lowest BCUT2D eigenvalue weighted by molar-refractivity contribution is -0.716. The number of anilines is 2. The molecule has 2 aromatic rings. The molecular formula is C19H28F2N4O6. The molecule has 1 saturated heterocycles. The minimum atomic E-state index is -1.69. The summed E-state index contributed by atoms with van der Waals surface area (Å²) in [7, 11) is 0. The maximum atomic E-state index is 15.6. The zero-order valence-corrected chi connectivity index (χ0v) is 17.2. The lowest BCUT2D eigenvalue weighted by Crippen LogP contribution is -2.99. The monoisotopic (exact) mass is 446 g/mol. The van der Waals surface area contributed by atoms with E-state index in [1.165, 1.54) is 4.57 Å². The number of carbonyl (C=O) groups excluding carboxylic acids is 1. The van der Waals surface area contributed by atoms with Crippen LogP contribution < -0.4 is 26.5 Å². The van der Waals surface area contributed by atoms with Crippen LogP contribution in [-0.2, 0) is 0 Å². The molecule has 1 aromatic heterocycles. The van der Waals surface area contributed by atoms with Crippen LogP contribution in [0.5, 0.6) is 0 Å². The van der Waals surface area contributed by atoms with Gasteiger partial charge in [0.05, 0.1) is 41.2 Å². The molecule has 1 aromatic carbocycles. The topological polar surface area (TPSA) is 202 Å². The van der Waals surface area contributed by atoms with Crippen molar-refractivity contribution in [2.45, 2.75) is 44.8 Å². The Labute approximate surface area is 176 Å². The van der Waals surface area contributed by atoms with E-state index in [0.717, 1.165) is 6.20 Å². The Morgan fingerprint density at radius 2 is 1.68 bits per heavy atom. The van der Waals surface area contributed by atoms with E-state index in [2.05, 4.69) is 5.32 Å². The van der Waals surface area contributed by atoms with E-state index in [1.54, 1.807) is 4.90 Å². The number of hydrogen-bond acceptors (Lipinski definition) is 5. The van der Waals surface area contributed by atoms with Crippen molar-refractivity contribution in [3.8, 4) is 0 Å². The molecule has 0 bridgehead atoms. The Kier molecular flexibility index (Phi) is 7.73. The molecule has 0 unspecified atom stereocenters. The Hall–Kier alpha value is -2.80. The minimum Gasteiger partial charge on any atom is -0.545 e. The molecule has 2 heterocycles. The Balaban J connectivity index is 0.00000160. The molecule has 1 saturated carbocycles. The maximum absolute atomic E-state index is 15.6. The fourth-order valence-corrected chi connectivity index (χ4v) is 4.25. The van der Waals surface area contributed by atoms with E-state index in [-0.39, 0.29) is 45.8 Å². The highest BCUT2D eigenvalue weighted by Crippen LogP contribution is 2.41.